The smallest absolute Gasteiger partial charge is 0.353 e. The highest BCUT2D eigenvalue weighted by molar-refractivity contribution is 7.12. The van der Waals surface area contributed by atoms with Crippen LogP contribution in [0.1, 0.15) is 25.6 Å². The van der Waals surface area contributed by atoms with Gasteiger partial charge in [0.05, 0.1) is 19.8 Å². The van der Waals surface area contributed by atoms with E-state index in [1.807, 2.05) is 0 Å². The van der Waals surface area contributed by atoms with E-state index >= 15 is 0 Å². The van der Waals surface area contributed by atoms with Crippen molar-refractivity contribution in [1.82, 2.24) is 0 Å². The van der Waals surface area contributed by atoms with Gasteiger partial charge in [0, 0.05) is 6.07 Å². The quantitative estimate of drug-likeness (QED) is 0.349. The second kappa shape index (κ2) is 7.81. The van der Waals surface area contributed by atoms with Crippen LogP contribution in [0.4, 0.5) is 0 Å². The Morgan fingerprint density at radius 2 is 1.86 bits per heavy atom. The molecule has 6 nitrogen and oxygen atoms in total. The number of hydrogen-bond acceptors (Lipinski definition) is 7. The lowest BCUT2D eigenvalue weighted by atomic mass is 10.1. The number of ketones is 1. The van der Waals surface area contributed by atoms with Gasteiger partial charge < -0.3 is 18.9 Å². The van der Waals surface area contributed by atoms with Crippen LogP contribution in [0.15, 0.2) is 59.7 Å². The number of fused-ring (bicyclic) bond motifs is 1. The number of allylic oxidation sites excluding steroid dienone is 1. The third kappa shape index (κ3) is 3.72. The van der Waals surface area contributed by atoms with Crippen LogP contribution < -0.4 is 18.9 Å². The second-order valence-electron chi connectivity index (χ2n) is 6.08. The second-order valence-corrected chi connectivity index (χ2v) is 7.03. The Bertz CT molecular complexity index is 1110. The molecule has 1 aromatic heterocycles. The zero-order valence-corrected chi connectivity index (χ0v) is 16.4. The fourth-order valence-corrected chi connectivity index (χ4v) is 3.48. The summed E-state index contributed by atoms with van der Waals surface area (Å²) < 4.78 is 21.6. The molecule has 2 aromatic carbocycles. The highest BCUT2D eigenvalue weighted by Crippen LogP contribution is 2.36. The molecule has 146 valence electrons. The van der Waals surface area contributed by atoms with Gasteiger partial charge in [-0.25, -0.2) is 4.79 Å². The number of methoxy groups -OCH3 is 2. The highest BCUT2D eigenvalue weighted by Gasteiger charge is 2.28. The molecule has 29 heavy (non-hydrogen) atoms. The molecule has 0 aliphatic carbocycles. The van der Waals surface area contributed by atoms with Gasteiger partial charge in [-0.05, 0) is 47.4 Å². The standard InChI is InChI=1S/C22H16O6S/c1-25-16-8-5-13(10-18(16)26-2)11-19-21(23)15-7-6-14(12-17(15)28-19)27-22(24)20-4-3-9-29-20/h3-12H,1-2H3. The van der Waals surface area contributed by atoms with Crippen molar-refractivity contribution in [3.63, 3.8) is 0 Å². The van der Waals surface area contributed by atoms with E-state index in [9.17, 15) is 9.59 Å². The molecule has 3 aromatic rings. The van der Waals surface area contributed by atoms with Crippen molar-refractivity contribution in [3.8, 4) is 23.0 Å². The van der Waals surface area contributed by atoms with Crippen LogP contribution >= 0.6 is 11.3 Å². The van der Waals surface area contributed by atoms with Crippen molar-refractivity contribution in [3.05, 3.63) is 75.7 Å². The Morgan fingerprint density at radius 3 is 2.59 bits per heavy atom. The summed E-state index contributed by atoms with van der Waals surface area (Å²) >= 11 is 1.30. The predicted molar refractivity (Wildman–Crippen MR) is 108 cm³/mol. The molecule has 2 heterocycles. The van der Waals surface area contributed by atoms with Gasteiger partial charge in [0.25, 0.3) is 0 Å². The number of thiophene rings is 1. The van der Waals surface area contributed by atoms with Crippen LogP contribution in [0.5, 0.6) is 23.0 Å². The van der Waals surface area contributed by atoms with Gasteiger partial charge in [-0.2, -0.15) is 0 Å². The average molecular weight is 408 g/mol. The van der Waals surface area contributed by atoms with E-state index in [0.29, 0.717) is 33.4 Å². The first-order chi connectivity index (χ1) is 14.1. The zero-order valence-electron chi connectivity index (χ0n) is 15.6. The van der Waals surface area contributed by atoms with E-state index in [0.717, 1.165) is 5.56 Å². The maximum absolute atomic E-state index is 12.6. The number of ether oxygens (including phenoxy) is 4. The molecule has 0 fully saturated rings. The van der Waals surface area contributed by atoms with Crippen LogP contribution in [0, 0.1) is 0 Å². The van der Waals surface area contributed by atoms with Crippen molar-refractivity contribution in [1.29, 1.82) is 0 Å². The highest BCUT2D eigenvalue weighted by atomic mass is 32.1. The molecule has 4 rings (SSSR count). The summed E-state index contributed by atoms with van der Waals surface area (Å²) in [6.07, 6.45) is 1.63. The normalized spacial score (nSPS) is 13.7. The number of rotatable bonds is 5. The molecule has 0 atom stereocenters. The maximum Gasteiger partial charge on any atom is 0.353 e. The van der Waals surface area contributed by atoms with E-state index in [2.05, 4.69) is 0 Å². The zero-order chi connectivity index (χ0) is 20.4. The Balaban J connectivity index is 1.57. The third-order valence-corrected chi connectivity index (χ3v) is 5.13. The van der Waals surface area contributed by atoms with Gasteiger partial charge in [0.2, 0.25) is 5.78 Å². The van der Waals surface area contributed by atoms with Crippen LogP contribution in [-0.4, -0.2) is 26.0 Å². The van der Waals surface area contributed by atoms with Crippen molar-refractivity contribution < 1.29 is 28.5 Å². The first-order valence-corrected chi connectivity index (χ1v) is 9.53. The van der Waals surface area contributed by atoms with E-state index in [4.69, 9.17) is 18.9 Å². The maximum atomic E-state index is 12.6. The molecule has 1 aliphatic rings. The van der Waals surface area contributed by atoms with Crippen LogP contribution in [0.25, 0.3) is 6.08 Å². The summed E-state index contributed by atoms with van der Waals surface area (Å²) in [4.78, 5) is 25.2. The Kier molecular flexibility index (Phi) is 5.05. The van der Waals surface area contributed by atoms with Gasteiger partial charge in [0.15, 0.2) is 17.3 Å². The molecule has 7 heteroatoms. The minimum atomic E-state index is -0.453. The summed E-state index contributed by atoms with van der Waals surface area (Å²) in [5.41, 5.74) is 1.14. The number of Topliss-reactive ketones (excluding diaryl/α,β-unsaturated/α-hetero) is 1. The molecular formula is C22H16O6S. The lowest BCUT2D eigenvalue weighted by molar-refractivity contribution is 0.0739. The van der Waals surface area contributed by atoms with Gasteiger partial charge in [-0.15, -0.1) is 11.3 Å². The van der Waals surface area contributed by atoms with Gasteiger partial charge in [-0.3, -0.25) is 4.79 Å². The van der Waals surface area contributed by atoms with Crippen LogP contribution in [0.3, 0.4) is 0 Å². The summed E-state index contributed by atoms with van der Waals surface area (Å²) in [5.74, 6) is 1.27. The number of esters is 1. The minimum Gasteiger partial charge on any atom is -0.493 e. The first-order valence-electron chi connectivity index (χ1n) is 8.65. The molecule has 0 N–H and O–H groups in total. The summed E-state index contributed by atoms with van der Waals surface area (Å²) in [6, 6.07) is 13.5. The van der Waals surface area contributed by atoms with Crippen LogP contribution in [0.2, 0.25) is 0 Å². The SMILES string of the molecule is COc1ccc(C=C2Oc3cc(OC(=O)c4cccs4)ccc3C2=O)cc1OC. The van der Waals surface area contributed by atoms with Gasteiger partial charge in [0.1, 0.15) is 16.4 Å². The Labute approximate surface area is 170 Å². The fourth-order valence-electron chi connectivity index (χ4n) is 2.88. The molecule has 0 saturated heterocycles. The van der Waals surface area contributed by atoms with Crippen molar-refractivity contribution >= 4 is 29.2 Å². The number of benzene rings is 2. The summed E-state index contributed by atoms with van der Waals surface area (Å²) in [6.45, 7) is 0. The minimum absolute atomic E-state index is 0.175. The van der Waals surface area contributed by atoms with Gasteiger partial charge in [-0.1, -0.05) is 12.1 Å². The predicted octanol–water partition coefficient (Wildman–Crippen LogP) is 4.60. The molecule has 0 unspecified atom stereocenters. The summed E-state index contributed by atoms with van der Waals surface area (Å²) in [5, 5.41) is 1.80. The Hall–Kier alpha value is -3.58. The molecule has 0 radical (unpaired) electrons. The molecule has 0 saturated carbocycles. The molecule has 0 spiro atoms. The van der Waals surface area contributed by atoms with E-state index in [-0.39, 0.29) is 11.5 Å². The van der Waals surface area contributed by atoms with Crippen LogP contribution in [-0.2, 0) is 0 Å². The third-order valence-electron chi connectivity index (χ3n) is 4.28. The van der Waals surface area contributed by atoms with E-state index in [1.165, 1.54) is 17.4 Å². The van der Waals surface area contributed by atoms with Crippen molar-refractivity contribution in [2.75, 3.05) is 14.2 Å². The summed E-state index contributed by atoms with van der Waals surface area (Å²) in [7, 11) is 3.10. The molecule has 0 bridgehead atoms. The van der Waals surface area contributed by atoms with E-state index in [1.54, 1.807) is 68.1 Å². The number of carbonyl (C=O) groups excluding carboxylic acids is 2. The number of hydrogen-bond donors (Lipinski definition) is 0. The lowest BCUT2D eigenvalue weighted by Gasteiger charge is -2.08. The molecule has 1 aliphatic heterocycles. The lowest BCUT2D eigenvalue weighted by Crippen LogP contribution is -2.06. The van der Waals surface area contributed by atoms with Crippen molar-refractivity contribution in [2.24, 2.45) is 0 Å². The van der Waals surface area contributed by atoms with E-state index < -0.39 is 5.97 Å². The fraction of sp³-hybridized carbons (Fsp3) is 0.0909. The topological polar surface area (TPSA) is 71.1 Å². The first kappa shape index (κ1) is 18.8. The molecule has 0 amide bonds. The van der Waals surface area contributed by atoms with Gasteiger partial charge >= 0.3 is 5.97 Å². The molecular weight excluding hydrogens is 392 g/mol. The Morgan fingerprint density at radius 1 is 1.03 bits per heavy atom. The largest absolute Gasteiger partial charge is 0.493 e. The monoisotopic (exact) mass is 408 g/mol. The number of carbonyl (C=O) groups is 2. The average Bonchev–Trinajstić information content (AvgIpc) is 3.37. The van der Waals surface area contributed by atoms with Crippen molar-refractivity contribution in [2.45, 2.75) is 0 Å².